The third kappa shape index (κ3) is 4.80. The van der Waals surface area contributed by atoms with E-state index in [2.05, 4.69) is 74.2 Å². The van der Waals surface area contributed by atoms with Crippen molar-refractivity contribution >= 4 is 35.3 Å². The maximum atomic E-state index is 13.9. The summed E-state index contributed by atoms with van der Waals surface area (Å²) in [6.07, 6.45) is 29.3. The van der Waals surface area contributed by atoms with Crippen LogP contribution in [-0.4, -0.2) is 17.3 Å². The monoisotopic (exact) mass is 730 g/mol. The van der Waals surface area contributed by atoms with Crippen molar-refractivity contribution in [2.75, 3.05) is 11.5 Å². The summed E-state index contributed by atoms with van der Waals surface area (Å²) in [4.78, 5) is 13.9. The number of thioether (sulfide) groups is 1. The number of fused-ring (bicyclic) bond motifs is 1. The van der Waals surface area contributed by atoms with Crippen LogP contribution in [0.25, 0.3) is 40.0 Å². The number of ketones is 1. The van der Waals surface area contributed by atoms with Crippen molar-refractivity contribution in [1.29, 1.82) is 0 Å². The Kier molecular flexibility index (Phi) is 8.38. The summed E-state index contributed by atoms with van der Waals surface area (Å²) in [6, 6.07) is 10.1. The molecule has 0 saturated heterocycles. The van der Waals surface area contributed by atoms with Gasteiger partial charge >= 0.3 is 0 Å². The van der Waals surface area contributed by atoms with Gasteiger partial charge in [0.1, 0.15) is 5.78 Å². The molecule has 11 rings (SSSR count). The normalized spacial score (nSPS) is 27.2. The average Bonchev–Trinajstić information content (AvgIpc) is 3.19. The molecule has 0 aliphatic heterocycles. The van der Waals surface area contributed by atoms with E-state index in [1.54, 1.807) is 77.9 Å². The minimum atomic E-state index is 0.152. The van der Waals surface area contributed by atoms with Crippen LogP contribution in [0.4, 0.5) is 0 Å². The number of carbonyl (C=O) groups is 1. The van der Waals surface area contributed by atoms with Crippen LogP contribution >= 0.6 is 11.8 Å². The predicted molar refractivity (Wildman–Crippen MR) is 229 cm³/mol. The van der Waals surface area contributed by atoms with Gasteiger partial charge in [-0.2, -0.15) is 11.8 Å². The van der Waals surface area contributed by atoms with Crippen molar-refractivity contribution in [2.45, 2.75) is 147 Å². The average molecular weight is 731 g/mol. The fraction of sp³-hybridized carbons (Fsp3) is 0.519. The number of hydrogen-bond acceptors (Lipinski definition) is 2. The zero-order valence-electron chi connectivity index (χ0n) is 33.0. The first-order valence-corrected chi connectivity index (χ1v) is 23.5. The van der Waals surface area contributed by atoms with Crippen molar-refractivity contribution < 1.29 is 4.79 Å². The molecule has 278 valence electrons. The van der Waals surface area contributed by atoms with Crippen molar-refractivity contribution in [1.82, 2.24) is 0 Å². The molecule has 54 heavy (non-hydrogen) atoms. The second-order valence-electron chi connectivity index (χ2n) is 18.6. The van der Waals surface area contributed by atoms with Crippen LogP contribution in [0.1, 0.15) is 178 Å². The minimum absolute atomic E-state index is 0.152. The van der Waals surface area contributed by atoms with Crippen LogP contribution in [0.5, 0.6) is 0 Å². The highest BCUT2D eigenvalue weighted by Gasteiger charge is 2.55. The Morgan fingerprint density at radius 3 is 2.43 bits per heavy atom. The Morgan fingerprint density at radius 1 is 0.759 bits per heavy atom. The Morgan fingerprint density at radius 2 is 1.57 bits per heavy atom. The SMILES string of the molecule is CCCCCSCCCCCC1CC2c3c4c5c6c7c3C1C=c1ccc3c(c1-7)C1=C(C=CC(c7ccc(CCCCC)c(c7-5)CC4CC2C(C)=O)C16)CC=3. The molecule has 0 aromatic heterocycles. The molecule has 0 bridgehead atoms. The first kappa shape index (κ1) is 34.2. The zero-order valence-corrected chi connectivity index (χ0v) is 33.8. The van der Waals surface area contributed by atoms with E-state index in [1.807, 2.05) is 6.92 Å². The van der Waals surface area contributed by atoms with Crippen molar-refractivity contribution in [2.24, 2.45) is 11.8 Å². The van der Waals surface area contributed by atoms with Gasteiger partial charge in [-0.15, -0.1) is 0 Å². The van der Waals surface area contributed by atoms with Gasteiger partial charge in [-0.05, 0) is 182 Å². The molecule has 8 aliphatic carbocycles. The van der Waals surface area contributed by atoms with Gasteiger partial charge in [-0.1, -0.05) is 101 Å². The molecule has 0 N–H and O–H groups in total. The summed E-state index contributed by atoms with van der Waals surface area (Å²) in [5.41, 5.74) is 23.0. The molecule has 7 atom stereocenters. The van der Waals surface area contributed by atoms with Gasteiger partial charge in [0.05, 0.1) is 0 Å². The number of hydrogen-bond donors (Lipinski definition) is 0. The highest BCUT2D eigenvalue weighted by molar-refractivity contribution is 7.99. The maximum absolute atomic E-state index is 13.9. The molecule has 3 aromatic carbocycles. The fourth-order valence-electron chi connectivity index (χ4n) is 13.5. The van der Waals surface area contributed by atoms with E-state index in [0.29, 0.717) is 41.3 Å². The number of unbranched alkanes of at least 4 members (excludes halogenated alkanes) is 6. The summed E-state index contributed by atoms with van der Waals surface area (Å²) in [7, 11) is 0. The molecule has 7 unspecified atom stereocenters. The molecule has 2 heteroatoms. The summed E-state index contributed by atoms with van der Waals surface area (Å²) in [5, 5.41) is 2.96. The molecule has 8 aliphatic rings. The number of Topliss-reactive ketones (excluding diaryl/α,β-unsaturated/α-hetero) is 1. The highest BCUT2D eigenvalue weighted by Crippen LogP contribution is 2.70. The zero-order chi connectivity index (χ0) is 36.2. The first-order valence-electron chi connectivity index (χ1n) is 22.3. The van der Waals surface area contributed by atoms with Gasteiger partial charge in [0.25, 0.3) is 0 Å². The molecule has 0 radical (unpaired) electrons. The van der Waals surface area contributed by atoms with Crippen LogP contribution in [0, 0.1) is 11.8 Å². The van der Waals surface area contributed by atoms with Crippen molar-refractivity contribution in [3.05, 3.63) is 96.9 Å². The lowest BCUT2D eigenvalue weighted by atomic mass is 9.48. The van der Waals surface area contributed by atoms with Gasteiger partial charge in [0.2, 0.25) is 0 Å². The molecular weight excluding hydrogens is 673 g/mol. The smallest absolute Gasteiger partial charge is 0.133 e. The van der Waals surface area contributed by atoms with Gasteiger partial charge in [0.15, 0.2) is 0 Å². The second-order valence-corrected chi connectivity index (χ2v) is 19.8. The molecule has 0 saturated carbocycles. The molecule has 1 nitrogen and oxygen atoms in total. The number of aryl methyl sites for hydroxylation is 1. The number of benzene rings is 3. The fourth-order valence-corrected chi connectivity index (χ4v) is 14.5. The van der Waals surface area contributed by atoms with Crippen LogP contribution < -0.4 is 10.4 Å². The van der Waals surface area contributed by atoms with E-state index >= 15 is 0 Å². The van der Waals surface area contributed by atoms with Gasteiger partial charge in [-0.3, -0.25) is 4.79 Å². The standard InChI is InChI=1S/C52H58OS/c1-4-6-9-13-30-19-21-36-37-22-20-32-16-15-31-17-18-34-26-40-33(14-10-8-12-24-54-23-11-7-5-2)25-41-38(29(3)53)27-35-28-39(30)46(36)50-45(35)49(41)48(40)51-44(34)42(31)43(32)47(37)52(50)51/h15,17-22,26,33,35,37-38,40-41,47H,4-14,16,23-25,27-28H2,1-3H3. The number of allylic oxidation sites excluding steroid dienone is 4. The van der Waals surface area contributed by atoms with Crippen LogP contribution in [-0.2, 0) is 17.6 Å². The van der Waals surface area contributed by atoms with E-state index in [1.165, 1.54) is 99.0 Å². The molecule has 3 aromatic rings. The lowest BCUT2D eigenvalue weighted by Crippen LogP contribution is -2.43. The predicted octanol–water partition coefficient (Wildman–Crippen LogP) is 12.2. The van der Waals surface area contributed by atoms with Crippen molar-refractivity contribution in [3.63, 3.8) is 0 Å². The van der Waals surface area contributed by atoms with E-state index in [0.717, 1.165) is 19.3 Å². The highest BCUT2D eigenvalue weighted by atomic mass is 32.2. The van der Waals surface area contributed by atoms with Gasteiger partial charge in [-0.25, -0.2) is 0 Å². The Hall–Kier alpha value is -3.10. The third-order valence-corrected chi connectivity index (χ3v) is 16.9. The van der Waals surface area contributed by atoms with Crippen LogP contribution in [0.3, 0.4) is 0 Å². The summed E-state index contributed by atoms with van der Waals surface area (Å²) in [5.74, 6) is 5.97. The first-order chi connectivity index (χ1) is 26.6. The minimum Gasteiger partial charge on any atom is -0.300 e. The lowest BCUT2D eigenvalue weighted by molar-refractivity contribution is -0.122. The van der Waals surface area contributed by atoms with E-state index in [-0.39, 0.29) is 5.92 Å². The number of rotatable bonds is 15. The van der Waals surface area contributed by atoms with E-state index in [9.17, 15) is 4.79 Å². The van der Waals surface area contributed by atoms with Crippen molar-refractivity contribution in [3.8, 4) is 22.3 Å². The molecular formula is C52H58OS. The third-order valence-electron chi connectivity index (χ3n) is 15.7. The molecule has 0 amide bonds. The molecule has 0 heterocycles. The largest absolute Gasteiger partial charge is 0.300 e. The van der Waals surface area contributed by atoms with Gasteiger partial charge in [0, 0.05) is 23.7 Å². The Labute approximate surface area is 327 Å². The quantitative estimate of drug-likeness (QED) is 0.145. The summed E-state index contributed by atoms with van der Waals surface area (Å²) >= 11 is 2.18. The number of carbonyl (C=O) groups excluding carboxylic acids is 1. The lowest BCUT2D eigenvalue weighted by Gasteiger charge is -2.55. The van der Waals surface area contributed by atoms with Gasteiger partial charge < -0.3 is 0 Å². The topological polar surface area (TPSA) is 17.1 Å². The molecule has 0 fully saturated rings. The van der Waals surface area contributed by atoms with Crippen LogP contribution in [0.15, 0.2) is 42.0 Å². The maximum Gasteiger partial charge on any atom is 0.133 e. The Balaban J connectivity index is 1.11. The Bertz CT molecular complexity index is 2300. The molecule has 0 spiro atoms. The van der Waals surface area contributed by atoms with E-state index < -0.39 is 0 Å². The van der Waals surface area contributed by atoms with Crippen LogP contribution in [0.2, 0.25) is 0 Å². The second kappa shape index (κ2) is 13.2. The summed E-state index contributed by atoms with van der Waals surface area (Å²) < 4.78 is 0. The van der Waals surface area contributed by atoms with E-state index in [4.69, 9.17) is 0 Å². The summed E-state index contributed by atoms with van der Waals surface area (Å²) in [6.45, 7) is 6.58.